The molecular weight excluding hydrogens is 442 g/mol. The van der Waals surface area contributed by atoms with Gasteiger partial charge in [-0.1, -0.05) is 42.5 Å². The molecule has 0 atom stereocenters. The number of likely N-dealkylation sites (tertiary alicyclic amines) is 1. The van der Waals surface area contributed by atoms with Gasteiger partial charge in [0, 0.05) is 31.1 Å². The van der Waals surface area contributed by atoms with Crippen molar-refractivity contribution in [3.8, 4) is 11.1 Å². The van der Waals surface area contributed by atoms with Gasteiger partial charge < -0.3 is 15.0 Å². The fourth-order valence-electron chi connectivity index (χ4n) is 4.64. The lowest BCUT2D eigenvalue weighted by Gasteiger charge is -2.33. The molecule has 1 fully saturated rings. The number of carbonyl (C=O) groups is 1. The van der Waals surface area contributed by atoms with E-state index in [1.54, 1.807) is 9.30 Å². The van der Waals surface area contributed by atoms with Gasteiger partial charge in [0.05, 0.1) is 5.52 Å². The number of pyridine rings is 1. The molecule has 0 aliphatic carbocycles. The SMILES string of the molecule is CC(C)(C)OC(=O)N1CCC(NCc2ccc(-c3cc4n[nH]c(=O)n4c4ccccc34)cc2)CC1. The highest BCUT2D eigenvalue weighted by Gasteiger charge is 2.26. The molecule has 0 saturated carbocycles. The predicted molar refractivity (Wildman–Crippen MR) is 136 cm³/mol. The van der Waals surface area contributed by atoms with Gasteiger partial charge in [-0.15, -0.1) is 0 Å². The summed E-state index contributed by atoms with van der Waals surface area (Å²) in [6.07, 6.45) is 1.59. The number of rotatable bonds is 4. The van der Waals surface area contributed by atoms with Gasteiger partial charge in [-0.25, -0.2) is 19.1 Å². The number of nitrogens with zero attached hydrogens (tertiary/aromatic N) is 3. The maximum atomic E-state index is 12.3. The number of fused-ring (bicyclic) bond motifs is 3. The molecule has 1 saturated heterocycles. The van der Waals surface area contributed by atoms with Gasteiger partial charge in [-0.05, 0) is 62.4 Å². The molecule has 0 bridgehead atoms. The van der Waals surface area contributed by atoms with Crippen molar-refractivity contribution in [2.75, 3.05) is 13.1 Å². The summed E-state index contributed by atoms with van der Waals surface area (Å²) >= 11 is 0. The minimum absolute atomic E-state index is 0.225. The van der Waals surface area contributed by atoms with E-state index in [0.717, 1.165) is 41.4 Å². The van der Waals surface area contributed by atoms with Crippen LogP contribution in [0.25, 0.3) is 27.7 Å². The zero-order valence-electron chi connectivity index (χ0n) is 20.4. The Morgan fingerprint density at radius 1 is 1.11 bits per heavy atom. The number of hydrogen-bond donors (Lipinski definition) is 2. The molecule has 1 amide bonds. The number of para-hydroxylation sites is 1. The van der Waals surface area contributed by atoms with Gasteiger partial charge in [-0.2, -0.15) is 5.10 Å². The molecule has 5 rings (SSSR count). The first kappa shape index (κ1) is 23.1. The summed E-state index contributed by atoms with van der Waals surface area (Å²) in [5.74, 6) is 0. The van der Waals surface area contributed by atoms with E-state index in [1.807, 2.05) is 51.1 Å². The molecule has 0 radical (unpaired) electrons. The zero-order valence-corrected chi connectivity index (χ0v) is 20.4. The Morgan fingerprint density at radius 2 is 1.83 bits per heavy atom. The van der Waals surface area contributed by atoms with Crippen molar-refractivity contribution in [3.63, 3.8) is 0 Å². The first-order chi connectivity index (χ1) is 16.8. The van der Waals surface area contributed by atoms with E-state index in [2.05, 4.69) is 39.8 Å². The normalized spacial score (nSPS) is 15.1. The van der Waals surface area contributed by atoms with Gasteiger partial charge in [0.2, 0.25) is 0 Å². The molecule has 2 N–H and O–H groups in total. The lowest BCUT2D eigenvalue weighted by molar-refractivity contribution is 0.0198. The monoisotopic (exact) mass is 473 g/mol. The lowest BCUT2D eigenvalue weighted by Crippen LogP contribution is -2.46. The Kier molecular flexibility index (Phi) is 6.06. The zero-order chi connectivity index (χ0) is 24.6. The Balaban J connectivity index is 1.24. The van der Waals surface area contributed by atoms with Crippen molar-refractivity contribution < 1.29 is 9.53 Å². The van der Waals surface area contributed by atoms with Crippen LogP contribution in [0.3, 0.4) is 0 Å². The number of ether oxygens (including phenoxy) is 1. The minimum Gasteiger partial charge on any atom is -0.444 e. The van der Waals surface area contributed by atoms with Crippen molar-refractivity contribution in [1.82, 2.24) is 24.8 Å². The second kappa shape index (κ2) is 9.19. The van der Waals surface area contributed by atoms with Crippen molar-refractivity contribution in [2.45, 2.75) is 51.8 Å². The Morgan fingerprint density at radius 3 is 2.54 bits per heavy atom. The molecule has 1 aliphatic rings. The standard InChI is InChI=1S/C27H31N5O3/c1-27(2,3)35-26(34)31-14-12-20(13-15-31)28-17-18-8-10-19(11-9-18)22-16-24-29-30-25(33)32(24)23-7-5-4-6-21(22)23/h4-11,16,20,28H,12-15,17H2,1-3H3,(H,30,33). The smallest absolute Gasteiger partial charge is 0.410 e. The fraction of sp³-hybridized carbons (Fsp3) is 0.370. The maximum Gasteiger partial charge on any atom is 0.410 e. The molecule has 8 nitrogen and oxygen atoms in total. The summed E-state index contributed by atoms with van der Waals surface area (Å²) in [4.78, 5) is 26.3. The summed E-state index contributed by atoms with van der Waals surface area (Å²) in [6.45, 7) is 7.86. The number of aromatic amines is 1. The van der Waals surface area contributed by atoms with Crippen LogP contribution in [0.1, 0.15) is 39.2 Å². The third-order valence-electron chi connectivity index (χ3n) is 6.41. The van der Waals surface area contributed by atoms with Gasteiger partial charge in [0.15, 0.2) is 5.65 Å². The largest absolute Gasteiger partial charge is 0.444 e. The summed E-state index contributed by atoms with van der Waals surface area (Å²) in [7, 11) is 0. The van der Waals surface area contributed by atoms with Crippen LogP contribution in [0.15, 0.2) is 59.4 Å². The highest BCUT2D eigenvalue weighted by molar-refractivity contribution is 5.97. The average molecular weight is 474 g/mol. The number of piperidine rings is 1. The Hall–Kier alpha value is -3.65. The fourth-order valence-corrected chi connectivity index (χ4v) is 4.64. The van der Waals surface area contributed by atoms with E-state index in [0.29, 0.717) is 24.8 Å². The molecule has 2 aromatic carbocycles. The topological polar surface area (TPSA) is 91.7 Å². The van der Waals surface area contributed by atoms with E-state index in [9.17, 15) is 9.59 Å². The van der Waals surface area contributed by atoms with E-state index in [-0.39, 0.29) is 11.8 Å². The molecule has 8 heteroatoms. The van der Waals surface area contributed by atoms with Crippen molar-refractivity contribution >= 4 is 22.6 Å². The number of benzene rings is 2. The first-order valence-electron chi connectivity index (χ1n) is 12.1. The van der Waals surface area contributed by atoms with E-state index in [1.165, 1.54) is 5.56 Å². The first-order valence-corrected chi connectivity index (χ1v) is 12.1. The number of aromatic nitrogens is 3. The third kappa shape index (κ3) is 4.93. The molecule has 182 valence electrons. The van der Waals surface area contributed by atoms with E-state index in [4.69, 9.17) is 4.74 Å². The van der Waals surface area contributed by atoms with Gasteiger partial charge in [0.1, 0.15) is 5.60 Å². The summed E-state index contributed by atoms with van der Waals surface area (Å²) in [5.41, 5.74) is 4.06. The van der Waals surface area contributed by atoms with Gasteiger partial charge in [0.25, 0.3) is 0 Å². The van der Waals surface area contributed by atoms with Gasteiger partial charge >= 0.3 is 11.8 Å². The minimum atomic E-state index is -0.466. The maximum absolute atomic E-state index is 12.3. The summed E-state index contributed by atoms with van der Waals surface area (Å²) in [5, 5.41) is 11.3. The third-order valence-corrected chi connectivity index (χ3v) is 6.41. The number of amides is 1. The molecule has 3 heterocycles. The van der Waals surface area contributed by atoms with Crippen LogP contribution in [0.5, 0.6) is 0 Å². The van der Waals surface area contributed by atoms with Crippen LogP contribution in [0, 0.1) is 0 Å². The van der Waals surface area contributed by atoms with E-state index >= 15 is 0 Å². The van der Waals surface area contributed by atoms with Crippen LogP contribution < -0.4 is 11.0 Å². The van der Waals surface area contributed by atoms with E-state index < -0.39 is 5.60 Å². The number of carbonyl (C=O) groups excluding carboxylic acids is 1. The highest BCUT2D eigenvalue weighted by atomic mass is 16.6. The molecule has 0 spiro atoms. The quantitative estimate of drug-likeness (QED) is 0.460. The highest BCUT2D eigenvalue weighted by Crippen LogP contribution is 2.29. The van der Waals surface area contributed by atoms with Crippen LogP contribution in [0.2, 0.25) is 0 Å². The van der Waals surface area contributed by atoms with Crippen LogP contribution >= 0.6 is 0 Å². The second-order valence-corrected chi connectivity index (χ2v) is 10.1. The number of nitrogens with one attached hydrogen (secondary N) is 2. The van der Waals surface area contributed by atoms with Crippen LogP contribution in [-0.4, -0.2) is 50.3 Å². The Labute approximate surface area is 203 Å². The van der Waals surface area contributed by atoms with Crippen LogP contribution in [-0.2, 0) is 11.3 Å². The lowest BCUT2D eigenvalue weighted by atomic mass is 9.99. The number of hydrogen-bond acceptors (Lipinski definition) is 5. The predicted octanol–water partition coefficient (Wildman–Crippen LogP) is 4.33. The van der Waals surface area contributed by atoms with Gasteiger partial charge in [-0.3, -0.25) is 0 Å². The molecule has 1 aliphatic heterocycles. The van der Waals surface area contributed by atoms with Crippen molar-refractivity contribution in [3.05, 3.63) is 70.6 Å². The summed E-state index contributed by atoms with van der Waals surface area (Å²) in [6, 6.07) is 18.7. The molecule has 35 heavy (non-hydrogen) atoms. The molecule has 4 aromatic rings. The molecular formula is C27H31N5O3. The molecule has 0 unspecified atom stereocenters. The van der Waals surface area contributed by atoms with Crippen molar-refractivity contribution in [1.29, 1.82) is 0 Å². The van der Waals surface area contributed by atoms with Crippen molar-refractivity contribution in [2.24, 2.45) is 0 Å². The Bertz CT molecular complexity index is 1410. The molecule has 2 aromatic heterocycles. The summed E-state index contributed by atoms with van der Waals surface area (Å²) < 4.78 is 7.09. The average Bonchev–Trinajstić information content (AvgIpc) is 3.22. The number of H-pyrrole nitrogens is 1. The second-order valence-electron chi connectivity index (χ2n) is 10.1. The van der Waals surface area contributed by atoms with Crippen LogP contribution in [0.4, 0.5) is 4.79 Å².